The molecule has 2 N–H and O–H groups in total. The number of ketones is 2. The summed E-state index contributed by atoms with van der Waals surface area (Å²) in [5.41, 5.74) is 6.07. The Balaban J connectivity index is 0.00000128. The number of hydrogen-bond donors (Lipinski definition) is 2. The van der Waals surface area contributed by atoms with Crippen molar-refractivity contribution in [3.63, 3.8) is 0 Å². The van der Waals surface area contributed by atoms with E-state index in [9.17, 15) is 34.2 Å². The lowest BCUT2D eigenvalue weighted by atomic mass is 9.78. The number of carbonyl (C=O) groups excluding carboxylic acids is 2. The molecule has 0 unspecified atom stereocenters. The molecule has 608 valence electrons. The summed E-state index contributed by atoms with van der Waals surface area (Å²) in [5, 5.41) is 29.3. The van der Waals surface area contributed by atoms with Crippen molar-refractivity contribution < 1.29 is 33.1 Å². The molecular weight excluding hydrogens is 1420 g/mol. The van der Waals surface area contributed by atoms with Crippen LogP contribution < -0.4 is 16.7 Å². The molecule has 10 nitrogen and oxygen atoms in total. The summed E-state index contributed by atoms with van der Waals surface area (Å²) < 4.78 is 15.6. The number of benzene rings is 13. The molecule has 115 heavy (non-hydrogen) atoms. The number of fused-ring (bicyclic) bond motifs is 6. The number of para-hydroxylation sites is 1. The van der Waals surface area contributed by atoms with Gasteiger partial charge in [-0.15, -0.1) is 0 Å². The Morgan fingerprint density at radius 1 is 0.261 bits per heavy atom. The number of phenolic OH excluding ortho intramolecular Hbond substituents is 2. The van der Waals surface area contributed by atoms with Crippen molar-refractivity contribution >= 4 is 87.6 Å². The fourth-order valence-electron chi connectivity index (χ4n) is 11.0. The predicted octanol–water partition coefficient (Wildman–Crippen LogP) is 30.3. The van der Waals surface area contributed by atoms with E-state index < -0.39 is 11.3 Å². The fourth-order valence-corrected chi connectivity index (χ4v) is 11.0. The van der Waals surface area contributed by atoms with Gasteiger partial charge in [0.1, 0.15) is 28.2 Å². The molecule has 10 heteroatoms. The Morgan fingerprint density at radius 2 is 0.522 bits per heavy atom. The zero-order chi connectivity index (χ0) is 86.8. The van der Waals surface area contributed by atoms with Crippen LogP contribution in [0.2, 0.25) is 0 Å². The van der Waals surface area contributed by atoms with Crippen molar-refractivity contribution in [2.75, 3.05) is 0 Å². The van der Waals surface area contributed by atoms with Crippen LogP contribution in [0.5, 0.6) is 11.5 Å². The van der Waals surface area contributed by atoms with Crippen LogP contribution in [-0.4, -0.2) is 21.8 Å². The number of aryl methyl sites for hydroxylation is 1. The highest BCUT2D eigenvalue weighted by atomic mass is 16.4. The normalized spacial score (nSPS) is 9.64. The van der Waals surface area contributed by atoms with Gasteiger partial charge in [-0.1, -0.05) is 396 Å². The van der Waals surface area contributed by atoms with Crippen LogP contribution in [0.3, 0.4) is 0 Å². The third kappa shape index (κ3) is 30.3. The molecule has 16 aromatic rings. The number of carbonyl (C=O) groups is 2. The molecule has 3 aromatic heterocycles. The Labute approximate surface area is 686 Å². The van der Waals surface area contributed by atoms with Gasteiger partial charge in [-0.05, 0) is 123 Å². The summed E-state index contributed by atoms with van der Waals surface area (Å²) in [4.78, 5) is 59.0. The first-order valence-electron chi connectivity index (χ1n) is 41.1. The lowest BCUT2D eigenvalue weighted by Gasteiger charge is -2.26. The van der Waals surface area contributed by atoms with Gasteiger partial charge in [-0.2, -0.15) is 0 Å². The topological polar surface area (TPSA) is 165 Å². The molecule has 3 heterocycles. The maximum absolute atomic E-state index is 12.1. The second-order valence-corrected chi connectivity index (χ2v) is 22.4. The second-order valence-electron chi connectivity index (χ2n) is 22.4. The SMILES string of the molecule is CC.CC.CC.CC.CC.CC.CC.CC.CC.CC.CC.CC(C)(c1ccc(O)cc1)c1ccc(O)cc1.Cc1ccccc1.O=C1c2ccccc2C(=O)c2ccccc21.O=c1ccoc2ccccc12.O=c1oc2cccc3c(=O)oc4cccc1c4c23.c1ccc2cc3ccccc3cc2c1.c1ccc2ccccc2c1. The van der Waals surface area contributed by atoms with Crippen molar-refractivity contribution in [2.24, 2.45) is 0 Å². The van der Waals surface area contributed by atoms with Crippen molar-refractivity contribution in [2.45, 2.75) is 179 Å². The molecule has 0 spiro atoms. The van der Waals surface area contributed by atoms with E-state index in [2.05, 4.69) is 142 Å². The minimum absolute atomic E-state index is 0.00634. The highest BCUT2D eigenvalue weighted by molar-refractivity contribution is 6.28. The quantitative estimate of drug-likeness (QED) is 0.0967. The van der Waals surface area contributed by atoms with Crippen LogP contribution >= 0.6 is 0 Å². The molecule has 0 fully saturated rings. The lowest BCUT2D eigenvalue weighted by Crippen LogP contribution is -2.20. The monoisotopic (exact) mass is 1550 g/mol. The molecule has 0 amide bonds. The van der Waals surface area contributed by atoms with Gasteiger partial charge < -0.3 is 23.5 Å². The van der Waals surface area contributed by atoms with Crippen LogP contribution in [0.25, 0.3) is 76.0 Å². The average molecular weight is 1550 g/mol. The van der Waals surface area contributed by atoms with E-state index in [4.69, 9.17) is 13.3 Å². The van der Waals surface area contributed by atoms with E-state index in [0.29, 0.717) is 65.9 Å². The van der Waals surface area contributed by atoms with Gasteiger partial charge in [0.2, 0.25) is 0 Å². The van der Waals surface area contributed by atoms with Crippen LogP contribution in [-0.2, 0) is 5.41 Å². The molecule has 1 aliphatic rings. The zero-order valence-corrected chi connectivity index (χ0v) is 73.1. The molecular formula is C105H128O10. The van der Waals surface area contributed by atoms with Gasteiger partial charge in [-0.3, -0.25) is 14.4 Å². The Hall–Kier alpha value is -12.3. The van der Waals surface area contributed by atoms with Gasteiger partial charge in [0.25, 0.3) is 0 Å². The number of aromatic hydroxyl groups is 2. The summed E-state index contributed by atoms with van der Waals surface area (Å²) in [5.74, 6) is 0.419. The van der Waals surface area contributed by atoms with Gasteiger partial charge in [-0.25, -0.2) is 9.59 Å². The Kier molecular flexibility index (Phi) is 53.1. The van der Waals surface area contributed by atoms with Gasteiger partial charge in [0.15, 0.2) is 17.0 Å². The molecule has 13 aromatic carbocycles. The molecule has 17 rings (SSSR count). The summed E-state index contributed by atoms with van der Waals surface area (Å²) >= 11 is 0. The van der Waals surface area contributed by atoms with Crippen molar-refractivity contribution in [3.05, 3.63) is 380 Å². The predicted molar refractivity (Wildman–Crippen MR) is 499 cm³/mol. The van der Waals surface area contributed by atoms with E-state index in [0.717, 1.165) is 11.1 Å². The van der Waals surface area contributed by atoms with E-state index >= 15 is 0 Å². The zero-order valence-electron chi connectivity index (χ0n) is 73.1. The number of phenols is 2. The largest absolute Gasteiger partial charge is 0.508 e. The van der Waals surface area contributed by atoms with E-state index in [-0.39, 0.29) is 33.9 Å². The highest BCUT2D eigenvalue weighted by Crippen LogP contribution is 2.34. The summed E-state index contributed by atoms with van der Waals surface area (Å²) in [7, 11) is 0. The maximum atomic E-state index is 12.1. The van der Waals surface area contributed by atoms with Gasteiger partial charge in [0.05, 0.1) is 22.4 Å². The third-order valence-electron chi connectivity index (χ3n) is 15.9. The smallest absolute Gasteiger partial charge is 0.344 e. The standard InChI is InChI=1S/C15H16O2.C14H6O4.C14H8O2.C14H10.C10H8.C9H6O2.C7H8.11C2H6/c1-15(2,11-3-7-13(16)8-4-11)12-5-9-14(17)10-6-12;15-13-7-3-1-5-9-11(7)12-8(14(16)17-9)4-2-6-10(12)18-13;15-13-9-5-1-2-6-10(9)14(16)12-8-4-3-7-11(12)13;1-2-6-12-10-14-8-4-3-7-13(14)9-11(12)5-1;1-2-6-10-8-4-3-7-9(10)5-1;10-8-5-6-11-9-4-2-1-3-7(8)9;1-7-5-3-2-4-6-7;11*1-2/h3-10,16-17H,1-2H3;1-6H;1-8H;1-10H;1-8H;1-6H;2-6H,1H3;11*1-2H3. The average Bonchev–Trinajstić information content (AvgIpc) is 0.735. The van der Waals surface area contributed by atoms with Crippen molar-refractivity contribution in [3.8, 4) is 11.5 Å². The summed E-state index contributed by atoms with van der Waals surface area (Å²) in [6.07, 6.45) is 1.41. The minimum atomic E-state index is -0.422. The van der Waals surface area contributed by atoms with Crippen LogP contribution in [0.15, 0.2) is 337 Å². The van der Waals surface area contributed by atoms with Crippen molar-refractivity contribution in [1.82, 2.24) is 0 Å². The molecule has 0 saturated carbocycles. The Morgan fingerprint density at radius 3 is 0.817 bits per heavy atom. The van der Waals surface area contributed by atoms with Gasteiger partial charge in [0, 0.05) is 44.5 Å². The third-order valence-corrected chi connectivity index (χ3v) is 15.9. The Bertz CT molecular complexity index is 5040. The van der Waals surface area contributed by atoms with Crippen LogP contribution in [0.4, 0.5) is 0 Å². The lowest BCUT2D eigenvalue weighted by molar-refractivity contribution is 0.0979. The number of hydrogen-bond acceptors (Lipinski definition) is 10. The molecule has 0 aliphatic heterocycles. The van der Waals surface area contributed by atoms with Gasteiger partial charge >= 0.3 is 11.3 Å². The first-order valence-corrected chi connectivity index (χ1v) is 41.1. The summed E-state index contributed by atoms with van der Waals surface area (Å²) in [6, 6.07) is 95.4. The first-order chi connectivity index (χ1) is 56.2. The fraction of sp³-hybridized carbons (Fsp3) is 0.248. The summed E-state index contributed by atoms with van der Waals surface area (Å²) in [6.45, 7) is 50.3. The van der Waals surface area contributed by atoms with E-state index in [1.807, 2.05) is 207 Å². The molecule has 0 bridgehead atoms. The number of rotatable bonds is 2. The highest BCUT2D eigenvalue weighted by Gasteiger charge is 2.28. The van der Waals surface area contributed by atoms with E-state index in [1.54, 1.807) is 121 Å². The molecule has 0 atom stereocenters. The molecule has 0 saturated heterocycles. The molecule has 0 radical (unpaired) electrons. The first kappa shape index (κ1) is 103. The van der Waals surface area contributed by atoms with Crippen molar-refractivity contribution in [1.29, 1.82) is 0 Å². The molecule has 1 aliphatic carbocycles. The second kappa shape index (κ2) is 59.5. The van der Waals surface area contributed by atoms with Crippen LogP contribution in [0, 0.1) is 6.92 Å². The van der Waals surface area contributed by atoms with E-state index in [1.165, 1.54) is 50.2 Å². The van der Waals surface area contributed by atoms with Crippen LogP contribution in [0.1, 0.15) is 215 Å². The maximum Gasteiger partial charge on any atom is 0.344 e. The minimum Gasteiger partial charge on any atom is -0.508 e.